The standard InChI is InChI=1S/C11H13Cl3O3S/c1-6(18(3,15)16)11(14)7-4-9(13)10(17-2)5-8(7)12/h4-6,11H,1-3H3. The Labute approximate surface area is 122 Å². The van der Waals surface area contributed by atoms with Gasteiger partial charge >= 0.3 is 0 Å². The largest absolute Gasteiger partial charge is 0.495 e. The molecule has 0 fully saturated rings. The third kappa shape index (κ3) is 3.44. The summed E-state index contributed by atoms with van der Waals surface area (Å²) >= 11 is 18.2. The van der Waals surface area contributed by atoms with Crippen LogP contribution < -0.4 is 4.74 Å². The molecule has 0 aromatic heterocycles. The van der Waals surface area contributed by atoms with Crippen molar-refractivity contribution in [1.29, 1.82) is 0 Å². The molecule has 0 saturated heterocycles. The van der Waals surface area contributed by atoms with Crippen LogP contribution in [0, 0.1) is 0 Å². The summed E-state index contributed by atoms with van der Waals surface area (Å²) in [4.78, 5) is 0. The van der Waals surface area contributed by atoms with E-state index in [9.17, 15) is 8.42 Å². The van der Waals surface area contributed by atoms with Gasteiger partial charge in [0, 0.05) is 17.3 Å². The molecule has 0 heterocycles. The Balaban J connectivity index is 3.22. The second kappa shape index (κ2) is 5.87. The van der Waals surface area contributed by atoms with Crippen LogP contribution in [-0.4, -0.2) is 27.0 Å². The minimum atomic E-state index is -3.26. The highest BCUT2D eigenvalue weighted by Crippen LogP contribution is 2.38. The van der Waals surface area contributed by atoms with Gasteiger partial charge in [0.1, 0.15) is 5.75 Å². The number of rotatable bonds is 4. The highest BCUT2D eigenvalue weighted by molar-refractivity contribution is 7.91. The smallest absolute Gasteiger partial charge is 0.151 e. The van der Waals surface area contributed by atoms with E-state index in [4.69, 9.17) is 39.5 Å². The number of halogens is 3. The minimum absolute atomic E-state index is 0.326. The molecule has 0 spiro atoms. The molecule has 0 radical (unpaired) electrons. The normalized spacial score (nSPS) is 15.2. The molecule has 0 amide bonds. The molecule has 0 saturated carbocycles. The van der Waals surface area contributed by atoms with Gasteiger partial charge in [-0.15, -0.1) is 11.6 Å². The fourth-order valence-corrected chi connectivity index (χ4v) is 3.28. The van der Waals surface area contributed by atoms with Crippen LogP contribution in [0.3, 0.4) is 0 Å². The van der Waals surface area contributed by atoms with Crippen molar-refractivity contribution in [3.8, 4) is 5.75 Å². The highest BCUT2D eigenvalue weighted by atomic mass is 35.5. The summed E-state index contributed by atoms with van der Waals surface area (Å²) in [6.07, 6.45) is 1.13. The highest BCUT2D eigenvalue weighted by Gasteiger charge is 2.27. The predicted octanol–water partition coefficient (Wildman–Crippen LogP) is 3.72. The Kier molecular flexibility index (Phi) is 5.18. The zero-order valence-electron chi connectivity index (χ0n) is 10.1. The van der Waals surface area contributed by atoms with Crippen molar-refractivity contribution in [2.75, 3.05) is 13.4 Å². The van der Waals surface area contributed by atoms with E-state index in [1.807, 2.05) is 0 Å². The Morgan fingerprint density at radius 2 is 1.78 bits per heavy atom. The Bertz CT molecular complexity index is 543. The summed E-state index contributed by atoms with van der Waals surface area (Å²) < 4.78 is 28.0. The molecule has 1 aromatic carbocycles. The Morgan fingerprint density at radius 1 is 1.22 bits per heavy atom. The first-order valence-electron chi connectivity index (χ1n) is 5.04. The molecule has 0 aliphatic carbocycles. The summed E-state index contributed by atoms with van der Waals surface area (Å²) in [6.45, 7) is 1.53. The molecule has 18 heavy (non-hydrogen) atoms. The summed E-state index contributed by atoms with van der Waals surface area (Å²) in [6, 6.07) is 3.05. The van der Waals surface area contributed by atoms with E-state index < -0.39 is 20.5 Å². The topological polar surface area (TPSA) is 43.4 Å². The molecule has 2 atom stereocenters. The monoisotopic (exact) mass is 330 g/mol. The molecule has 102 valence electrons. The molecular weight excluding hydrogens is 319 g/mol. The van der Waals surface area contributed by atoms with Gasteiger partial charge < -0.3 is 4.74 Å². The van der Waals surface area contributed by atoms with E-state index in [2.05, 4.69) is 0 Å². The van der Waals surface area contributed by atoms with Crippen LogP contribution in [0.4, 0.5) is 0 Å². The lowest BCUT2D eigenvalue weighted by molar-refractivity contribution is 0.415. The van der Waals surface area contributed by atoms with Gasteiger partial charge in [-0.1, -0.05) is 23.2 Å². The summed E-state index contributed by atoms with van der Waals surface area (Å²) in [5.41, 5.74) is 0.474. The lowest BCUT2D eigenvalue weighted by Gasteiger charge is -2.18. The summed E-state index contributed by atoms with van der Waals surface area (Å²) in [7, 11) is -1.79. The van der Waals surface area contributed by atoms with Gasteiger partial charge in [0.25, 0.3) is 0 Å². The lowest BCUT2D eigenvalue weighted by Crippen LogP contribution is -2.21. The molecular formula is C11H13Cl3O3S. The third-order valence-electron chi connectivity index (χ3n) is 2.66. The molecule has 0 bridgehead atoms. The predicted molar refractivity (Wildman–Crippen MR) is 75.9 cm³/mol. The molecule has 3 nitrogen and oxygen atoms in total. The van der Waals surface area contributed by atoms with Crippen molar-refractivity contribution >= 4 is 44.6 Å². The average molecular weight is 332 g/mol. The molecule has 1 rings (SSSR count). The first-order valence-corrected chi connectivity index (χ1v) is 8.19. The van der Waals surface area contributed by atoms with Gasteiger partial charge in [-0.2, -0.15) is 0 Å². The quantitative estimate of drug-likeness (QED) is 0.790. The number of methoxy groups -OCH3 is 1. The Hall–Kier alpha value is -0.160. The van der Waals surface area contributed by atoms with Crippen LogP contribution in [0.5, 0.6) is 5.75 Å². The number of sulfone groups is 1. The van der Waals surface area contributed by atoms with Crippen LogP contribution in [0.25, 0.3) is 0 Å². The van der Waals surface area contributed by atoms with Crippen LogP contribution in [-0.2, 0) is 9.84 Å². The van der Waals surface area contributed by atoms with Crippen molar-refractivity contribution in [3.05, 3.63) is 27.7 Å². The molecule has 1 aromatic rings. The minimum Gasteiger partial charge on any atom is -0.495 e. The van der Waals surface area contributed by atoms with Gasteiger partial charge in [-0.25, -0.2) is 8.42 Å². The zero-order chi connectivity index (χ0) is 14.1. The van der Waals surface area contributed by atoms with Crippen molar-refractivity contribution < 1.29 is 13.2 Å². The van der Waals surface area contributed by atoms with Crippen molar-refractivity contribution in [3.63, 3.8) is 0 Å². The van der Waals surface area contributed by atoms with Crippen LogP contribution in [0.15, 0.2) is 12.1 Å². The van der Waals surface area contributed by atoms with E-state index in [1.54, 1.807) is 0 Å². The maximum absolute atomic E-state index is 11.5. The lowest BCUT2D eigenvalue weighted by atomic mass is 10.1. The molecule has 0 aliphatic heterocycles. The van der Waals surface area contributed by atoms with E-state index in [1.165, 1.54) is 26.2 Å². The van der Waals surface area contributed by atoms with E-state index in [0.29, 0.717) is 21.4 Å². The number of benzene rings is 1. The van der Waals surface area contributed by atoms with Gasteiger partial charge in [0.05, 0.1) is 22.8 Å². The van der Waals surface area contributed by atoms with Gasteiger partial charge in [0.2, 0.25) is 0 Å². The maximum Gasteiger partial charge on any atom is 0.151 e. The summed E-state index contributed by atoms with van der Waals surface area (Å²) in [5, 5.41) is -0.868. The van der Waals surface area contributed by atoms with E-state index in [0.717, 1.165) is 6.26 Å². The SMILES string of the molecule is COc1cc(Cl)c(C(Cl)C(C)S(C)(=O)=O)cc1Cl. The van der Waals surface area contributed by atoms with E-state index >= 15 is 0 Å². The van der Waals surface area contributed by atoms with Gasteiger partial charge in [-0.3, -0.25) is 0 Å². The molecule has 2 unspecified atom stereocenters. The van der Waals surface area contributed by atoms with Crippen molar-refractivity contribution in [1.82, 2.24) is 0 Å². The second-order valence-electron chi connectivity index (χ2n) is 3.94. The first kappa shape index (κ1) is 15.9. The van der Waals surface area contributed by atoms with E-state index in [-0.39, 0.29) is 0 Å². The van der Waals surface area contributed by atoms with Crippen LogP contribution >= 0.6 is 34.8 Å². The summed E-state index contributed by atoms with van der Waals surface area (Å²) in [5.74, 6) is 0.418. The van der Waals surface area contributed by atoms with Gasteiger partial charge in [0.15, 0.2) is 9.84 Å². The van der Waals surface area contributed by atoms with Gasteiger partial charge in [-0.05, 0) is 18.6 Å². The van der Waals surface area contributed by atoms with Crippen molar-refractivity contribution in [2.24, 2.45) is 0 Å². The first-order chi connectivity index (χ1) is 8.18. The van der Waals surface area contributed by atoms with Crippen LogP contribution in [0.2, 0.25) is 10.0 Å². The number of hydrogen-bond donors (Lipinski definition) is 0. The van der Waals surface area contributed by atoms with Crippen LogP contribution in [0.1, 0.15) is 17.9 Å². The fraction of sp³-hybridized carbons (Fsp3) is 0.455. The fourth-order valence-electron chi connectivity index (χ4n) is 1.38. The Morgan fingerprint density at radius 3 is 2.22 bits per heavy atom. The molecule has 7 heteroatoms. The maximum atomic E-state index is 11.5. The zero-order valence-corrected chi connectivity index (χ0v) is 13.2. The number of alkyl halides is 1. The third-order valence-corrected chi connectivity index (χ3v) is 5.66. The number of ether oxygens (including phenoxy) is 1. The van der Waals surface area contributed by atoms with Crippen molar-refractivity contribution in [2.45, 2.75) is 17.6 Å². The molecule has 0 aliphatic rings. The second-order valence-corrected chi connectivity index (χ2v) is 7.63. The molecule has 0 N–H and O–H groups in total. The number of hydrogen-bond acceptors (Lipinski definition) is 3. The average Bonchev–Trinajstić information content (AvgIpc) is 2.28.